The van der Waals surface area contributed by atoms with Crippen LogP contribution in [0, 0.1) is 5.92 Å². The van der Waals surface area contributed by atoms with Crippen LogP contribution < -0.4 is 10.0 Å². The highest BCUT2D eigenvalue weighted by molar-refractivity contribution is 7.90. The van der Waals surface area contributed by atoms with E-state index in [0.29, 0.717) is 24.2 Å². The van der Waals surface area contributed by atoms with Crippen LogP contribution in [0.4, 0.5) is 0 Å². The van der Waals surface area contributed by atoms with Gasteiger partial charge in [0.05, 0.1) is 16.3 Å². The lowest BCUT2D eigenvalue weighted by Crippen LogP contribution is -2.39. The lowest BCUT2D eigenvalue weighted by Gasteiger charge is -2.31. The van der Waals surface area contributed by atoms with Gasteiger partial charge in [-0.1, -0.05) is 30.9 Å². The molecule has 0 saturated heterocycles. The predicted octanol–water partition coefficient (Wildman–Crippen LogP) is 5.06. The molecule has 1 aliphatic carbocycles. The maximum absolute atomic E-state index is 12.9. The van der Waals surface area contributed by atoms with Gasteiger partial charge in [-0.3, -0.25) is 9.52 Å². The topological polar surface area (TPSA) is 84.5 Å². The molecule has 0 heterocycles. The summed E-state index contributed by atoms with van der Waals surface area (Å²) in [4.78, 5) is 12.9. The van der Waals surface area contributed by atoms with Gasteiger partial charge >= 0.3 is 0 Å². The number of carbonyl (C=O) groups excluding carboxylic acids is 1. The molecule has 0 fully saturated rings. The molecular weight excluding hydrogens is 436 g/mol. The molecule has 0 aliphatic heterocycles. The molecule has 0 bridgehead atoms. The third kappa shape index (κ3) is 7.05. The highest BCUT2D eigenvalue weighted by Gasteiger charge is 2.30. The molecule has 0 aromatic rings. The SMILES string of the molecule is C=CC[C@](C)(OC)C(=C)/C(C)=C(C)\C(=C/C)NC(=O)C1C=CC(NS(=O)(=O)C(C)(C)C)=CC1. The minimum Gasteiger partial charge on any atom is -0.374 e. The number of carbonyl (C=O) groups is 1. The summed E-state index contributed by atoms with van der Waals surface area (Å²) in [5.74, 6) is -0.559. The van der Waals surface area contributed by atoms with E-state index in [4.69, 9.17) is 4.74 Å². The fourth-order valence-electron chi connectivity index (χ4n) is 3.24. The zero-order valence-electron chi connectivity index (χ0n) is 21.3. The highest BCUT2D eigenvalue weighted by atomic mass is 32.2. The Labute approximate surface area is 200 Å². The summed E-state index contributed by atoms with van der Waals surface area (Å²) in [6.07, 6.45) is 9.77. The monoisotopic (exact) mass is 476 g/mol. The molecule has 0 saturated carbocycles. The lowest BCUT2D eigenvalue weighted by atomic mass is 9.86. The Bertz CT molecular complexity index is 1010. The summed E-state index contributed by atoms with van der Waals surface area (Å²) in [5.41, 5.74) is 3.26. The number of sulfonamides is 1. The van der Waals surface area contributed by atoms with Gasteiger partial charge in [0, 0.05) is 18.5 Å². The van der Waals surface area contributed by atoms with Crippen LogP contribution in [0.5, 0.6) is 0 Å². The summed E-state index contributed by atoms with van der Waals surface area (Å²) in [7, 11) is -1.87. The van der Waals surface area contributed by atoms with Crippen LogP contribution in [0.15, 0.2) is 71.7 Å². The van der Waals surface area contributed by atoms with Crippen molar-refractivity contribution in [2.45, 2.75) is 71.7 Å². The Morgan fingerprint density at radius 3 is 2.27 bits per heavy atom. The molecule has 2 atom stereocenters. The molecule has 0 aromatic carbocycles. The third-order valence-corrected chi connectivity index (χ3v) is 8.20. The van der Waals surface area contributed by atoms with Gasteiger partial charge < -0.3 is 10.1 Å². The molecule has 0 spiro atoms. The summed E-state index contributed by atoms with van der Waals surface area (Å²) < 4.78 is 32.1. The first-order valence-electron chi connectivity index (χ1n) is 11.0. The van der Waals surface area contributed by atoms with E-state index in [2.05, 4.69) is 23.2 Å². The summed E-state index contributed by atoms with van der Waals surface area (Å²) in [5, 5.41) is 3.00. The Balaban J connectivity index is 2.95. The molecule has 1 rings (SSSR count). The standard InChI is InChI=1S/C26H40N2O4S/c1-11-17-26(9,32-10)20(5)18(3)19(4)23(12-2)27-24(29)21-13-15-22(16-14-21)28-33(30,31)25(6,7)8/h11-13,15-16,21,28H,1,5,14,17H2,2-4,6-10H3,(H,27,29)/b19-18-,23-12+/t21?,26-/m0/s1. The van der Waals surface area contributed by atoms with Crippen LogP contribution in [0.2, 0.25) is 0 Å². The van der Waals surface area contributed by atoms with Gasteiger partial charge in [-0.15, -0.1) is 6.58 Å². The number of nitrogens with one attached hydrogen (secondary N) is 2. The molecule has 7 heteroatoms. The maximum Gasteiger partial charge on any atom is 0.237 e. The van der Waals surface area contributed by atoms with Crippen molar-refractivity contribution in [1.82, 2.24) is 10.0 Å². The molecule has 0 aromatic heterocycles. The maximum atomic E-state index is 12.9. The molecule has 184 valence electrons. The van der Waals surface area contributed by atoms with Crippen molar-refractivity contribution in [2.75, 3.05) is 7.11 Å². The molecular formula is C26H40N2O4S. The van der Waals surface area contributed by atoms with E-state index in [1.165, 1.54) is 0 Å². The molecule has 6 nitrogen and oxygen atoms in total. The van der Waals surface area contributed by atoms with Gasteiger partial charge in [-0.2, -0.15) is 0 Å². The number of hydrogen-bond acceptors (Lipinski definition) is 4. The van der Waals surface area contributed by atoms with Crippen LogP contribution in [0.25, 0.3) is 0 Å². The van der Waals surface area contributed by atoms with Gasteiger partial charge in [0.1, 0.15) is 0 Å². The Kier molecular flexibility index (Phi) is 9.69. The molecule has 2 N–H and O–H groups in total. The fraction of sp³-hybridized carbons (Fsp3) is 0.500. The fourth-order valence-corrected chi connectivity index (χ4v) is 4.00. The van der Waals surface area contributed by atoms with E-state index in [9.17, 15) is 13.2 Å². The quantitative estimate of drug-likeness (QED) is 0.341. The smallest absolute Gasteiger partial charge is 0.237 e. The van der Waals surface area contributed by atoms with E-state index in [-0.39, 0.29) is 5.91 Å². The van der Waals surface area contributed by atoms with E-state index in [1.807, 2.05) is 33.8 Å². The van der Waals surface area contributed by atoms with Gasteiger partial charge in [-0.25, -0.2) is 8.42 Å². The van der Waals surface area contributed by atoms with Crippen LogP contribution in [0.3, 0.4) is 0 Å². The molecule has 0 radical (unpaired) electrons. The average Bonchev–Trinajstić information content (AvgIpc) is 2.75. The minimum absolute atomic E-state index is 0.160. The van der Waals surface area contributed by atoms with Gasteiger partial charge in [0.2, 0.25) is 15.9 Å². The first-order valence-corrected chi connectivity index (χ1v) is 12.5. The zero-order chi connectivity index (χ0) is 25.6. The molecule has 1 unspecified atom stereocenters. The summed E-state index contributed by atoms with van der Waals surface area (Å²) in [6.45, 7) is 20.7. The van der Waals surface area contributed by atoms with E-state index in [1.54, 1.807) is 52.2 Å². The lowest BCUT2D eigenvalue weighted by molar-refractivity contribution is -0.122. The minimum atomic E-state index is -3.52. The Morgan fingerprint density at radius 1 is 1.24 bits per heavy atom. The van der Waals surface area contributed by atoms with Crippen molar-refractivity contribution in [3.63, 3.8) is 0 Å². The van der Waals surface area contributed by atoms with Crippen molar-refractivity contribution < 1.29 is 17.9 Å². The first-order chi connectivity index (χ1) is 15.1. The number of hydrogen-bond donors (Lipinski definition) is 2. The third-order valence-electron chi connectivity index (χ3n) is 6.08. The molecule has 1 amide bonds. The second kappa shape index (κ2) is 11.2. The highest BCUT2D eigenvalue weighted by Crippen LogP contribution is 2.32. The predicted molar refractivity (Wildman–Crippen MR) is 137 cm³/mol. The van der Waals surface area contributed by atoms with Crippen LogP contribution in [0.1, 0.15) is 61.3 Å². The van der Waals surface area contributed by atoms with E-state index >= 15 is 0 Å². The van der Waals surface area contributed by atoms with Gasteiger partial charge in [-0.05, 0) is 84.1 Å². The Hall–Kier alpha value is -2.38. The van der Waals surface area contributed by atoms with Crippen molar-refractivity contribution >= 4 is 15.9 Å². The van der Waals surface area contributed by atoms with Crippen LogP contribution in [-0.2, 0) is 19.6 Å². The van der Waals surface area contributed by atoms with E-state index in [0.717, 1.165) is 16.7 Å². The van der Waals surface area contributed by atoms with Crippen LogP contribution in [-0.4, -0.2) is 31.8 Å². The Morgan fingerprint density at radius 2 is 1.85 bits per heavy atom. The van der Waals surface area contributed by atoms with Crippen molar-refractivity contribution in [3.05, 3.63) is 71.7 Å². The van der Waals surface area contributed by atoms with Gasteiger partial charge in [0.15, 0.2) is 0 Å². The normalized spacial score (nSPS) is 19.7. The first kappa shape index (κ1) is 28.7. The number of ether oxygens (including phenoxy) is 1. The van der Waals surface area contributed by atoms with Crippen LogP contribution >= 0.6 is 0 Å². The van der Waals surface area contributed by atoms with E-state index < -0.39 is 26.3 Å². The number of allylic oxidation sites excluding steroid dienone is 4. The zero-order valence-corrected chi connectivity index (χ0v) is 22.2. The largest absolute Gasteiger partial charge is 0.374 e. The summed E-state index contributed by atoms with van der Waals surface area (Å²) in [6, 6.07) is 0. The number of methoxy groups -OCH3 is 1. The molecule has 1 aliphatic rings. The summed E-state index contributed by atoms with van der Waals surface area (Å²) >= 11 is 0. The second-order valence-electron chi connectivity index (χ2n) is 9.43. The molecule has 33 heavy (non-hydrogen) atoms. The van der Waals surface area contributed by atoms with Crippen molar-refractivity contribution in [1.29, 1.82) is 0 Å². The van der Waals surface area contributed by atoms with Crippen molar-refractivity contribution in [3.8, 4) is 0 Å². The number of amides is 1. The number of rotatable bonds is 10. The average molecular weight is 477 g/mol. The van der Waals surface area contributed by atoms with Gasteiger partial charge in [0.25, 0.3) is 0 Å². The van der Waals surface area contributed by atoms with Crippen molar-refractivity contribution in [2.24, 2.45) is 5.92 Å². The second-order valence-corrected chi connectivity index (χ2v) is 11.9.